The number of nitrogen functional groups attached to an aromatic ring is 1. The fourth-order valence-electron chi connectivity index (χ4n) is 6.62. The van der Waals surface area contributed by atoms with Gasteiger partial charge in [0, 0.05) is 63.0 Å². The van der Waals surface area contributed by atoms with Crippen LogP contribution in [0.25, 0.3) is 0 Å². The molecule has 4 aromatic rings. The minimum atomic E-state index is -0.881. The van der Waals surface area contributed by atoms with E-state index in [-0.39, 0.29) is 63.5 Å². The molecule has 3 N–H and O–H groups in total. The number of rotatable bonds is 7. The highest BCUT2D eigenvalue weighted by Crippen LogP contribution is 2.27. The number of carbonyl (C=O) groups is 4. The summed E-state index contributed by atoms with van der Waals surface area (Å²) in [6.07, 6.45) is 2.01. The number of nitrogens with two attached hydrogens (primary N) is 1. The molecule has 2 aliphatic rings. The molecule has 352 valence electrons. The van der Waals surface area contributed by atoms with Crippen LogP contribution in [0.3, 0.4) is 0 Å². The van der Waals surface area contributed by atoms with Crippen LogP contribution in [0.1, 0.15) is 102 Å². The van der Waals surface area contributed by atoms with Gasteiger partial charge in [-0.05, 0) is 103 Å². The summed E-state index contributed by atoms with van der Waals surface area (Å²) >= 11 is 16.5. The molecular formula is C46H55Cl3F2N6O8. The molecule has 0 spiro atoms. The third kappa shape index (κ3) is 16.5. The largest absolute Gasteiger partial charge is 0.474 e. The number of amides is 3. The summed E-state index contributed by atoms with van der Waals surface area (Å²) in [7, 11) is 0. The van der Waals surface area contributed by atoms with Gasteiger partial charge in [0.05, 0.1) is 21.2 Å². The summed E-state index contributed by atoms with van der Waals surface area (Å²) in [5.41, 5.74) is 4.11. The summed E-state index contributed by atoms with van der Waals surface area (Å²) in [4.78, 5) is 59.4. The van der Waals surface area contributed by atoms with Gasteiger partial charge in [0.15, 0.2) is 0 Å². The van der Waals surface area contributed by atoms with Crippen LogP contribution in [0.4, 0.5) is 30.0 Å². The van der Waals surface area contributed by atoms with Gasteiger partial charge in [-0.1, -0.05) is 47.5 Å². The second kappa shape index (κ2) is 23.1. The van der Waals surface area contributed by atoms with Crippen molar-refractivity contribution in [3.8, 4) is 11.8 Å². The lowest BCUT2D eigenvalue weighted by Crippen LogP contribution is -2.49. The van der Waals surface area contributed by atoms with E-state index in [1.165, 1.54) is 30.3 Å². The van der Waals surface area contributed by atoms with Crippen LogP contribution in [0, 0.1) is 11.6 Å². The molecule has 65 heavy (non-hydrogen) atoms. The smallest absolute Gasteiger partial charge is 0.410 e. The van der Waals surface area contributed by atoms with Crippen molar-refractivity contribution in [3.63, 3.8) is 0 Å². The molecular weight excluding hydrogens is 909 g/mol. The van der Waals surface area contributed by atoms with Gasteiger partial charge in [-0.15, -0.1) is 0 Å². The Hall–Kier alpha value is -5.45. The zero-order chi connectivity index (χ0) is 48.2. The molecule has 4 heterocycles. The first-order valence-electron chi connectivity index (χ1n) is 20.8. The van der Waals surface area contributed by atoms with Crippen LogP contribution in [0.2, 0.25) is 10.0 Å². The Bertz CT molecular complexity index is 2260. The molecule has 14 nitrogen and oxygen atoms in total. The van der Waals surface area contributed by atoms with E-state index in [9.17, 15) is 28.0 Å². The molecule has 2 aromatic carbocycles. The second-order valence-electron chi connectivity index (χ2n) is 17.3. The van der Waals surface area contributed by atoms with Gasteiger partial charge in [0.1, 0.15) is 46.7 Å². The van der Waals surface area contributed by atoms with E-state index in [2.05, 4.69) is 15.3 Å². The molecule has 0 saturated carbocycles. The number of hydrogen-bond acceptors (Lipinski definition) is 11. The number of aromatic nitrogens is 2. The minimum Gasteiger partial charge on any atom is -0.474 e. The highest BCUT2D eigenvalue weighted by molar-refractivity contribution is 6.68. The number of nitrogens with zero attached hydrogens (tertiary/aromatic N) is 4. The third-order valence-corrected chi connectivity index (χ3v) is 10.4. The molecule has 0 bridgehead atoms. The van der Waals surface area contributed by atoms with Crippen LogP contribution >= 0.6 is 34.8 Å². The summed E-state index contributed by atoms with van der Waals surface area (Å²) < 4.78 is 49.4. The van der Waals surface area contributed by atoms with E-state index in [0.29, 0.717) is 43.5 Å². The highest BCUT2D eigenvalue weighted by Gasteiger charge is 2.34. The lowest BCUT2D eigenvalue weighted by molar-refractivity contribution is -0.00271. The van der Waals surface area contributed by atoms with Gasteiger partial charge in [-0.2, -0.15) is 9.97 Å². The molecule has 0 radical (unpaired) electrons. The lowest BCUT2D eigenvalue weighted by atomic mass is 10.0. The standard InChI is InChI=1S/C23H27ClFN3O4.C16H25N3O3.C7H3Cl2FO/c1-14-13-15(11-12-28(14)22(30)32-23(2,3)4)31-19-10-6-9-18(26-19)27-21(29)20-16(24)7-5-8-17(20)25;1-11-10-12(21-14-7-5-6-13(17)18-14)8-9-19(11)15(20)22-16(2,3)4;8-4-2-1-3-5(10)6(4)7(9)11/h5-10,14-15H,11-13H2,1-4H3,(H,26,27,29);5-7,11-12H,8-10H2,1-4H3,(H2,17,18);1-3H/t14-,15-;11-,12-;/m11./s1. The van der Waals surface area contributed by atoms with E-state index in [0.717, 1.165) is 18.9 Å². The molecule has 2 saturated heterocycles. The average molecular weight is 964 g/mol. The molecule has 0 unspecified atom stereocenters. The number of pyridine rings is 2. The number of piperidine rings is 2. The number of ether oxygens (including phenoxy) is 4. The van der Waals surface area contributed by atoms with Crippen LogP contribution in [-0.4, -0.2) is 91.7 Å². The number of benzene rings is 2. The Morgan fingerprint density at radius 3 is 1.51 bits per heavy atom. The van der Waals surface area contributed by atoms with Crippen LogP contribution in [0.5, 0.6) is 11.8 Å². The second-order valence-corrected chi connectivity index (χ2v) is 18.4. The Morgan fingerprint density at radius 1 is 0.677 bits per heavy atom. The van der Waals surface area contributed by atoms with Crippen molar-refractivity contribution >= 4 is 69.8 Å². The molecule has 3 amide bonds. The number of anilines is 2. The Morgan fingerprint density at radius 2 is 1.11 bits per heavy atom. The maximum atomic E-state index is 14.0. The van der Waals surface area contributed by atoms with Gasteiger partial charge in [0.25, 0.3) is 11.1 Å². The predicted octanol–water partition coefficient (Wildman–Crippen LogP) is 11.0. The molecule has 0 aliphatic carbocycles. The normalized spacial score (nSPS) is 18.4. The summed E-state index contributed by atoms with van der Waals surface area (Å²) in [5, 5.41) is 1.71. The quantitative estimate of drug-likeness (QED) is 0.169. The molecule has 19 heteroatoms. The predicted molar refractivity (Wildman–Crippen MR) is 246 cm³/mol. The fraction of sp³-hybridized carbons (Fsp3) is 0.435. The van der Waals surface area contributed by atoms with Gasteiger partial charge < -0.3 is 39.8 Å². The molecule has 6 rings (SSSR count). The van der Waals surface area contributed by atoms with E-state index in [1.54, 1.807) is 40.1 Å². The Labute approximate surface area is 393 Å². The van der Waals surface area contributed by atoms with Crippen LogP contribution in [0.15, 0.2) is 72.8 Å². The number of nitrogens with one attached hydrogen (secondary N) is 1. The van der Waals surface area contributed by atoms with Gasteiger partial charge in [-0.3, -0.25) is 9.59 Å². The van der Waals surface area contributed by atoms with Gasteiger partial charge >= 0.3 is 12.2 Å². The first-order chi connectivity index (χ1) is 30.4. The maximum absolute atomic E-state index is 14.0. The zero-order valence-corrected chi connectivity index (χ0v) is 39.8. The summed E-state index contributed by atoms with van der Waals surface area (Å²) in [6, 6.07) is 18.2. The molecule has 2 aromatic heterocycles. The maximum Gasteiger partial charge on any atom is 0.410 e. The third-order valence-electron chi connectivity index (χ3n) is 9.55. The van der Waals surface area contributed by atoms with Crippen molar-refractivity contribution in [3.05, 3.63) is 106 Å². The van der Waals surface area contributed by atoms with Crippen molar-refractivity contribution in [2.75, 3.05) is 24.1 Å². The van der Waals surface area contributed by atoms with E-state index in [4.69, 9.17) is 59.5 Å². The number of halogens is 5. The molecule has 2 aliphatic heterocycles. The monoisotopic (exact) mass is 962 g/mol. The van der Waals surface area contributed by atoms with E-state index < -0.39 is 34.0 Å². The van der Waals surface area contributed by atoms with Crippen molar-refractivity contribution in [1.29, 1.82) is 0 Å². The van der Waals surface area contributed by atoms with Crippen LogP contribution in [-0.2, 0) is 9.47 Å². The topological polar surface area (TPSA) is 176 Å². The van der Waals surface area contributed by atoms with Crippen LogP contribution < -0.4 is 20.5 Å². The fourth-order valence-corrected chi connectivity index (χ4v) is 7.36. The molecule has 4 atom stereocenters. The number of carbonyl (C=O) groups excluding carboxylic acids is 4. The first-order valence-corrected chi connectivity index (χ1v) is 22.0. The van der Waals surface area contributed by atoms with Crippen molar-refractivity contribution in [2.24, 2.45) is 0 Å². The Kier molecular flexibility index (Phi) is 18.6. The SMILES string of the molecule is C[C@@H]1C[C@H](Oc2cccc(N)n2)CCN1C(=O)OC(C)(C)C.C[C@@H]1C[C@H](Oc2cccc(NC(=O)c3c(F)cccc3Cl)n2)CCN1C(=O)OC(C)(C)C.O=C(Cl)c1c(F)cccc1Cl. The van der Waals surface area contributed by atoms with Crippen molar-refractivity contribution in [1.82, 2.24) is 19.8 Å². The minimum absolute atomic E-state index is 0.0145. The molecule has 2 fully saturated rings. The van der Waals surface area contributed by atoms with Gasteiger partial charge in [0.2, 0.25) is 11.8 Å². The number of likely N-dealkylation sites (tertiary alicyclic amines) is 2. The summed E-state index contributed by atoms with van der Waals surface area (Å²) in [5.74, 6) is -0.598. The zero-order valence-electron chi connectivity index (χ0n) is 37.5. The highest BCUT2D eigenvalue weighted by atomic mass is 35.5. The van der Waals surface area contributed by atoms with E-state index >= 15 is 0 Å². The lowest BCUT2D eigenvalue weighted by Gasteiger charge is -2.38. The van der Waals surface area contributed by atoms with E-state index in [1.807, 2.05) is 61.5 Å². The van der Waals surface area contributed by atoms with Crippen molar-refractivity contribution < 1.29 is 46.9 Å². The van der Waals surface area contributed by atoms with Crippen molar-refractivity contribution in [2.45, 2.75) is 117 Å². The van der Waals surface area contributed by atoms with Gasteiger partial charge in [-0.25, -0.2) is 18.4 Å². The average Bonchev–Trinajstić information content (AvgIpc) is 3.17. The summed E-state index contributed by atoms with van der Waals surface area (Å²) in [6.45, 7) is 16.2. The first kappa shape index (κ1) is 52.2. The Balaban J connectivity index is 0.000000241. The number of hydrogen-bond donors (Lipinski definition) is 2.